The predicted molar refractivity (Wildman–Crippen MR) is 57.6 cm³/mol. The van der Waals surface area contributed by atoms with Gasteiger partial charge >= 0.3 is 0 Å². The summed E-state index contributed by atoms with van der Waals surface area (Å²) in [7, 11) is 0. The molecule has 2 rings (SSSR count). The Morgan fingerprint density at radius 1 is 1.36 bits per heavy atom. The Balaban J connectivity index is 2.27. The first-order chi connectivity index (χ1) is 6.92. The number of benzene rings is 1. The van der Waals surface area contributed by atoms with Crippen LogP contribution in [0.25, 0.3) is 0 Å². The maximum absolute atomic E-state index is 5.68. The zero-order valence-electron chi connectivity index (χ0n) is 8.41. The molecular formula is C12H17NO. The first kappa shape index (κ1) is 9.53. The molecule has 76 valence electrons. The highest BCUT2D eigenvalue weighted by Crippen LogP contribution is 2.34. The standard InChI is InChI=1S/C12H17NO/c13-8-7-10-4-3-9-14-12-6-2-1-5-11(10)12/h1-2,5-6,10H,3-4,7-9,13H2. The second-order valence-corrected chi connectivity index (χ2v) is 3.80. The van der Waals surface area contributed by atoms with Gasteiger partial charge in [0.1, 0.15) is 5.75 Å². The average molecular weight is 191 g/mol. The molecular weight excluding hydrogens is 174 g/mol. The molecule has 14 heavy (non-hydrogen) atoms. The van der Waals surface area contributed by atoms with Crippen LogP contribution in [0.3, 0.4) is 0 Å². The molecule has 0 aliphatic carbocycles. The number of ether oxygens (including phenoxy) is 1. The van der Waals surface area contributed by atoms with Gasteiger partial charge < -0.3 is 10.5 Å². The van der Waals surface area contributed by atoms with Crippen LogP contribution in [0.15, 0.2) is 24.3 Å². The molecule has 1 atom stereocenters. The minimum absolute atomic E-state index is 0.596. The van der Waals surface area contributed by atoms with Gasteiger partial charge in [0.05, 0.1) is 6.61 Å². The Hall–Kier alpha value is -1.02. The fraction of sp³-hybridized carbons (Fsp3) is 0.500. The fourth-order valence-electron chi connectivity index (χ4n) is 2.12. The summed E-state index contributed by atoms with van der Waals surface area (Å²) >= 11 is 0. The third-order valence-corrected chi connectivity index (χ3v) is 2.83. The van der Waals surface area contributed by atoms with E-state index in [0.717, 1.165) is 31.7 Å². The van der Waals surface area contributed by atoms with Crippen molar-refractivity contribution >= 4 is 0 Å². The number of para-hydroxylation sites is 1. The van der Waals surface area contributed by atoms with E-state index >= 15 is 0 Å². The third-order valence-electron chi connectivity index (χ3n) is 2.83. The summed E-state index contributed by atoms with van der Waals surface area (Å²) in [4.78, 5) is 0. The van der Waals surface area contributed by atoms with E-state index in [9.17, 15) is 0 Å². The molecule has 1 heterocycles. The number of hydrogen-bond acceptors (Lipinski definition) is 2. The molecule has 1 aromatic rings. The quantitative estimate of drug-likeness (QED) is 0.778. The zero-order valence-corrected chi connectivity index (χ0v) is 8.41. The van der Waals surface area contributed by atoms with E-state index in [1.165, 1.54) is 12.0 Å². The lowest BCUT2D eigenvalue weighted by molar-refractivity contribution is 0.316. The average Bonchev–Trinajstić information content (AvgIpc) is 2.42. The van der Waals surface area contributed by atoms with E-state index in [2.05, 4.69) is 18.2 Å². The lowest BCUT2D eigenvalue weighted by Gasteiger charge is -2.14. The molecule has 0 amide bonds. The molecule has 2 N–H and O–H groups in total. The van der Waals surface area contributed by atoms with Crippen LogP contribution >= 0.6 is 0 Å². The molecule has 0 saturated heterocycles. The Morgan fingerprint density at radius 3 is 3.07 bits per heavy atom. The van der Waals surface area contributed by atoms with E-state index in [4.69, 9.17) is 10.5 Å². The van der Waals surface area contributed by atoms with E-state index in [1.54, 1.807) is 0 Å². The Morgan fingerprint density at radius 2 is 2.21 bits per heavy atom. The van der Waals surface area contributed by atoms with Gasteiger partial charge in [-0.2, -0.15) is 0 Å². The second kappa shape index (κ2) is 4.47. The van der Waals surface area contributed by atoms with Crippen LogP contribution in [0.1, 0.15) is 30.7 Å². The third kappa shape index (κ3) is 1.90. The first-order valence-corrected chi connectivity index (χ1v) is 5.33. The molecule has 0 aromatic heterocycles. The SMILES string of the molecule is NCCC1CCCOc2ccccc21. The Labute approximate surface area is 85.1 Å². The van der Waals surface area contributed by atoms with E-state index < -0.39 is 0 Å². The normalized spacial score (nSPS) is 20.8. The highest BCUT2D eigenvalue weighted by atomic mass is 16.5. The summed E-state index contributed by atoms with van der Waals surface area (Å²) in [6.45, 7) is 1.61. The van der Waals surface area contributed by atoms with Gasteiger partial charge in [-0.25, -0.2) is 0 Å². The van der Waals surface area contributed by atoms with Crippen molar-refractivity contribution in [3.63, 3.8) is 0 Å². The lowest BCUT2D eigenvalue weighted by Crippen LogP contribution is -2.06. The van der Waals surface area contributed by atoms with Gasteiger partial charge in [0.25, 0.3) is 0 Å². The molecule has 0 spiro atoms. The summed E-state index contributed by atoms with van der Waals surface area (Å²) in [6, 6.07) is 8.34. The van der Waals surface area contributed by atoms with E-state index in [1.807, 2.05) is 6.07 Å². The maximum Gasteiger partial charge on any atom is 0.122 e. The molecule has 0 fully saturated rings. The summed E-state index contributed by atoms with van der Waals surface area (Å²) in [5, 5.41) is 0. The first-order valence-electron chi connectivity index (χ1n) is 5.33. The van der Waals surface area contributed by atoms with Gasteiger partial charge in [-0.15, -0.1) is 0 Å². The molecule has 1 aliphatic rings. The van der Waals surface area contributed by atoms with Crippen molar-refractivity contribution in [2.75, 3.05) is 13.2 Å². The zero-order chi connectivity index (χ0) is 9.80. The van der Waals surface area contributed by atoms with Crippen molar-refractivity contribution in [3.05, 3.63) is 29.8 Å². The predicted octanol–water partition coefficient (Wildman–Crippen LogP) is 2.29. The molecule has 0 bridgehead atoms. The summed E-state index contributed by atoms with van der Waals surface area (Å²) < 4.78 is 5.68. The van der Waals surface area contributed by atoms with Gasteiger partial charge in [0, 0.05) is 0 Å². The minimum Gasteiger partial charge on any atom is -0.493 e. The van der Waals surface area contributed by atoms with Crippen LogP contribution in [0.2, 0.25) is 0 Å². The smallest absolute Gasteiger partial charge is 0.122 e. The molecule has 2 heteroatoms. The molecule has 1 unspecified atom stereocenters. The highest BCUT2D eigenvalue weighted by molar-refractivity contribution is 5.36. The summed E-state index contributed by atoms with van der Waals surface area (Å²) in [6.07, 6.45) is 3.41. The number of rotatable bonds is 2. The number of hydrogen-bond donors (Lipinski definition) is 1. The Kier molecular flexibility index (Phi) is 3.04. The number of fused-ring (bicyclic) bond motifs is 1. The number of nitrogens with two attached hydrogens (primary N) is 1. The van der Waals surface area contributed by atoms with Crippen LogP contribution < -0.4 is 10.5 Å². The molecule has 1 aromatic carbocycles. The summed E-state index contributed by atoms with van der Waals surface area (Å²) in [5.41, 5.74) is 6.97. The van der Waals surface area contributed by atoms with Crippen molar-refractivity contribution in [1.82, 2.24) is 0 Å². The highest BCUT2D eigenvalue weighted by Gasteiger charge is 2.18. The van der Waals surface area contributed by atoms with Crippen molar-refractivity contribution in [2.45, 2.75) is 25.2 Å². The van der Waals surface area contributed by atoms with Gasteiger partial charge in [-0.1, -0.05) is 18.2 Å². The molecule has 0 saturated carbocycles. The van der Waals surface area contributed by atoms with Crippen LogP contribution in [0.4, 0.5) is 0 Å². The van der Waals surface area contributed by atoms with Crippen LogP contribution in [-0.2, 0) is 0 Å². The van der Waals surface area contributed by atoms with E-state index in [0.29, 0.717) is 5.92 Å². The van der Waals surface area contributed by atoms with Crippen molar-refractivity contribution in [3.8, 4) is 5.75 Å². The Bertz CT molecular complexity index is 298. The van der Waals surface area contributed by atoms with Gasteiger partial charge in [-0.3, -0.25) is 0 Å². The van der Waals surface area contributed by atoms with E-state index in [-0.39, 0.29) is 0 Å². The molecule has 0 radical (unpaired) electrons. The fourth-order valence-corrected chi connectivity index (χ4v) is 2.12. The van der Waals surface area contributed by atoms with Crippen molar-refractivity contribution in [1.29, 1.82) is 0 Å². The van der Waals surface area contributed by atoms with Crippen LogP contribution in [-0.4, -0.2) is 13.2 Å². The monoisotopic (exact) mass is 191 g/mol. The van der Waals surface area contributed by atoms with Crippen molar-refractivity contribution < 1.29 is 4.74 Å². The van der Waals surface area contributed by atoms with Crippen LogP contribution in [0, 0.1) is 0 Å². The summed E-state index contributed by atoms with van der Waals surface area (Å²) in [5.74, 6) is 1.65. The molecule has 2 nitrogen and oxygen atoms in total. The van der Waals surface area contributed by atoms with Gasteiger partial charge in [0.15, 0.2) is 0 Å². The van der Waals surface area contributed by atoms with Gasteiger partial charge in [0.2, 0.25) is 0 Å². The van der Waals surface area contributed by atoms with Crippen molar-refractivity contribution in [2.24, 2.45) is 5.73 Å². The topological polar surface area (TPSA) is 35.2 Å². The maximum atomic E-state index is 5.68. The largest absolute Gasteiger partial charge is 0.493 e. The van der Waals surface area contributed by atoms with Crippen LogP contribution in [0.5, 0.6) is 5.75 Å². The molecule has 1 aliphatic heterocycles. The second-order valence-electron chi connectivity index (χ2n) is 3.80. The lowest BCUT2D eigenvalue weighted by atomic mass is 9.91. The van der Waals surface area contributed by atoms with Gasteiger partial charge in [-0.05, 0) is 43.4 Å². The minimum atomic E-state index is 0.596.